The summed E-state index contributed by atoms with van der Waals surface area (Å²) >= 11 is 0. The summed E-state index contributed by atoms with van der Waals surface area (Å²) in [6.07, 6.45) is 2.73. The first-order chi connectivity index (χ1) is 8.31. The van der Waals surface area contributed by atoms with Gasteiger partial charge in [0, 0.05) is 12.0 Å². The number of aryl methyl sites for hydroxylation is 1. The van der Waals surface area contributed by atoms with E-state index in [0.29, 0.717) is 17.8 Å². The fraction of sp³-hybridized carbons (Fsp3) is 0.588. The summed E-state index contributed by atoms with van der Waals surface area (Å²) in [5, 5.41) is 0. The van der Waals surface area contributed by atoms with E-state index in [9.17, 15) is 4.79 Å². The van der Waals surface area contributed by atoms with E-state index >= 15 is 0 Å². The summed E-state index contributed by atoms with van der Waals surface area (Å²) in [6.45, 7) is 11.0. The second-order valence-electron chi connectivity index (χ2n) is 6.55. The third-order valence-electron chi connectivity index (χ3n) is 3.15. The van der Waals surface area contributed by atoms with Crippen molar-refractivity contribution < 1.29 is 4.79 Å². The number of carbonyl (C=O) groups excluding carboxylic acids is 1. The number of rotatable bonds is 5. The molecule has 1 unspecified atom stereocenters. The first-order valence-electron chi connectivity index (χ1n) is 6.94. The van der Waals surface area contributed by atoms with Crippen molar-refractivity contribution in [2.75, 3.05) is 0 Å². The molecule has 0 amide bonds. The molecular formula is C17H26O. The Morgan fingerprint density at radius 1 is 1.28 bits per heavy atom. The second-order valence-corrected chi connectivity index (χ2v) is 6.55. The Morgan fingerprint density at radius 3 is 2.50 bits per heavy atom. The van der Waals surface area contributed by atoms with Crippen LogP contribution >= 0.6 is 0 Å². The number of hydrogen-bond acceptors (Lipinski definition) is 1. The Morgan fingerprint density at radius 2 is 1.94 bits per heavy atom. The van der Waals surface area contributed by atoms with Gasteiger partial charge < -0.3 is 0 Å². The highest BCUT2D eigenvalue weighted by molar-refractivity contribution is 5.96. The van der Waals surface area contributed by atoms with E-state index in [1.165, 1.54) is 5.56 Å². The molecule has 1 heteroatoms. The molecular weight excluding hydrogens is 220 g/mol. The largest absolute Gasteiger partial charge is 0.294 e. The summed E-state index contributed by atoms with van der Waals surface area (Å²) in [5.41, 5.74) is 2.41. The molecule has 0 heterocycles. The summed E-state index contributed by atoms with van der Waals surface area (Å²) < 4.78 is 0. The van der Waals surface area contributed by atoms with Gasteiger partial charge in [0.15, 0.2) is 5.78 Å². The Kier molecular flexibility index (Phi) is 5.13. The topological polar surface area (TPSA) is 17.1 Å². The Bertz CT molecular complexity index is 398. The molecule has 0 N–H and O–H groups in total. The molecule has 0 saturated carbocycles. The summed E-state index contributed by atoms with van der Waals surface area (Å²) in [7, 11) is 0. The molecule has 0 fully saturated rings. The van der Waals surface area contributed by atoms with Crippen LogP contribution in [0.15, 0.2) is 24.3 Å². The molecule has 100 valence electrons. The van der Waals surface area contributed by atoms with Gasteiger partial charge in [0.2, 0.25) is 0 Å². The normalized spacial score (nSPS) is 13.4. The molecule has 0 aliphatic carbocycles. The first kappa shape index (κ1) is 14.9. The van der Waals surface area contributed by atoms with Crippen LogP contribution in [0.25, 0.3) is 0 Å². The van der Waals surface area contributed by atoms with E-state index in [4.69, 9.17) is 0 Å². The van der Waals surface area contributed by atoms with E-state index in [1.54, 1.807) is 0 Å². The lowest BCUT2D eigenvalue weighted by Gasteiger charge is -2.22. The van der Waals surface area contributed by atoms with E-state index in [2.05, 4.69) is 40.7 Å². The minimum absolute atomic E-state index is 0.280. The maximum atomic E-state index is 12.2. The van der Waals surface area contributed by atoms with Gasteiger partial charge in [0.05, 0.1) is 0 Å². The van der Waals surface area contributed by atoms with Crippen LogP contribution in [0.1, 0.15) is 63.4 Å². The average molecular weight is 246 g/mol. The van der Waals surface area contributed by atoms with Crippen molar-refractivity contribution in [2.24, 2.45) is 11.3 Å². The molecule has 1 aromatic rings. The minimum atomic E-state index is 0.280. The van der Waals surface area contributed by atoms with Gasteiger partial charge in [-0.3, -0.25) is 4.79 Å². The molecule has 1 rings (SSSR count). The van der Waals surface area contributed by atoms with Gasteiger partial charge in [0.1, 0.15) is 0 Å². The lowest BCUT2D eigenvalue weighted by molar-refractivity contribution is 0.0954. The zero-order valence-corrected chi connectivity index (χ0v) is 12.4. The van der Waals surface area contributed by atoms with Crippen molar-refractivity contribution in [3.8, 4) is 0 Å². The Balaban J connectivity index is 2.64. The van der Waals surface area contributed by atoms with Crippen LogP contribution in [0.2, 0.25) is 0 Å². The number of ketones is 1. The molecule has 1 aromatic carbocycles. The van der Waals surface area contributed by atoms with Crippen molar-refractivity contribution in [1.29, 1.82) is 0 Å². The van der Waals surface area contributed by atoms with Gasteiger partial charge in [-0.25, -0.2) is 0 Å². The van der Waals surface area contributed by atoms with Crippen molar-refractivity contribution >= 4 is 5.78 Å². The fourth-order valence-electron chi connectivity index (χ4n) is 2.52. The minimum Gasteiger partial charge on any atom is -0.294 e. The highest BCUT2D eigenvalue weighted by Gasteiger charge is 2.18. The predicted molar refractivity (Wildman–Crippen MR) is 78.0 cm³/mol. The molecule has 0 aromatic heterocycles. The molecule has 18 heavy (non-hydrogen) atoms. The number of carbonyl (C=O) groups is 1. The van der Waals surface area contributed by atoms with Crippen LogP contribution in [-0.2, 0) is 6.42 Å². The van der Waals surface area contributed by atoms with Crippen LogP contribution in [0, 0.1) is 11.3 Å². The van der Waals surface area contributed by atoms with Gasteiger partial charge >= 0.3 is 0 Å². The molecule has 0 radical (unpaired) electrons. The number of benzene rings is 1. The summed E-state index contributed by atoms with van der Waals surface area (Å²) in [6, 6.07) is 8.04. The smallest absolute Gasteiger partial charge is 0.163 e. The van der Waals surface area contributed by atoms with Crippen molar-refractivity contribution in [3.05, 3.63) is 35.4 Å². The molecule has 0 spiro atoms. The van der Waals surface area contributed by atoms with Crippen LogP contribution < -0.4 is 0 Å². The predicted octanol–water partition coefficient (Wildman–Crippen LogP) is 4.89. The maximum absolute atomic E-state index is 12.2. The second kappa shape index (κ2) is 6.17. The quantitative estimate of drug-likeness (QED) is 0.676. The molecule has 0 saturated heterocycles. The van der Waals surface area contributed by atoms with Gasteiger partial charge in [-0.15, -0.1) is 0 Å². The zero-order chi connectivity index (χ0) is 13.8. The number of Topliss-reactive ketones (excluding diaryl/α,β-unsaturated/α-hetero) is 1. The molecule has 1 nitrogen and oxygen atoms in total. The molecule has 0 bridgehead atoms. The summed E-state index contributed by atoms with van der Waals surface area (Å²) in [5.74, 6) is 0.727. The SMILES string of the molecule is CCc1cccc(C(=O)CC(C)CC(C)(C)C)c1. The third kappa shape index (κ3) is 5.03. The van der Waals surface area contributed by atoms with E-state index < -0.39 is 0 Å². The van der Waals surface area contributed by atoms with Gasteiger partial charge in [-0.2, -0.15) is 0 Å². The van der Waals surface area contributed by atoms with Gasteiger partial charge in [0.25, 0.3) is 0 Å². The fourth-order valence-corrected chi connectivity index (χ4v) is 2.52. The Labute approximate surface area is 112 Å². The van der Waals surface area contributed by atoms with Crippen LogP contribution in [0.3, 0.4) is 0 Å². The van der Waals surface area contributed by atoms with Crippen LogP contribution in [0.5, 0.6) is 0 Å². The average Bonchev–Trinajstić information content (AvgIpc) is 2.26. The maximum Gasteiger partial charge on any atom is 0.163 e. The zero-order valence-electron chi connectivity index (χ0n) is 12.4. The van der Waals surface area contributed by atoms with Crippen LogP contribution in [-0.4, -0.2) is 5.78 Å². The monoisotopic (exact) mass is 246 g/mol. The highest BCUT2D eigenvalue weighted by Crippen LogP contribution is 2.26. The number of hydrogen-bond donors (Lipinski definition) is 0. The van der Waals surface area contributed by atoms with Crippen molar-refractivity contribution in [3.63, 3.8) is 0 Å². The van der Waals surface area contributed by atoms with Gasteiger partial charge in [-0.05, 0) is 35.8 Å². The standard InChI is InChI=1S/C17H26O/c1-6-14-8-7-9-15(11-14)16(18)10-13(2)12-17(3,4)5/h7-9,11,13H,6,10,12H2,1-5H3. The molecule has 0 aliphatic rings. The van der Waals surface area contributed by atoms with Crippen LogP contribution in [0.4, 0.5) is 0 Å². The lowest BCUT2D eigenvalue weighted by atomic mass is 9.83. The Hall–Kier alpha value is -1.11. The van der Waals surface area contributed by atoms with Crippen molar-refractivity contribution in [2.45, 2.75) is 53.9 Å². The molecule has 1 atom stereocenters. The van der Waals surface area contributed by atoms with E-state index in [0.717, 1.165) is 18.4 Å². The molecule has 0 aliphatic heterocycles. The third-order valence-corrected chi connectivity index (χ3v) is 3.15. The summed E-state index contributed by atoms with van der Waals surface area (Å²) in [4.78, 5) is 12.2. The lowest BCUT2D eigenvalue weighted by Crippen LogP contribution is -2.14. The van der Waals surface area contributed by atoms with E-state index in [-0.39, 0.29) is 5.78 Å². The van der Waals surface area contributed by atoms with Gasteiger partial charge in [-0.1, -0.05) is 52.8 Å². The van der Waals surface area contributed by atoms with E-state index in [1.807, 2.05) is 18.2 Å². The highest BCUT2D eigenvalue weighted by atomic mass is 16.1. The first-order valence-corrected chi connectivity index (χ1v) is 6.94. The van der Waals surface area contributed by atoms with Crippen molar-refractivity contribution in [1.82, 2.24) is 0 Å².